The van der Waals surface area contributed by atoms with E-state index in [2.05, 4.69) is 22.3 Å². The number of carbonyl (C=O) groups excluding carboxylic acids is 1. The van der Waals surface area contributed by atoms with Gasteiger partial charge < -0.3 is 15.0 Å². The lowest BCUT2D eigenvalue weighted by Gasteiger charge is -2.29. The molecule has 2 aliphatic rings. The number of rotatable bonds is 4. The topological polar surface area (TPSA) is 41.6 Å². The number of hydrogen-bond acceptors (Lipinski definition) is 4. The number of nitrogens with one attached hydrogen (secondary N) is 1. The SMILES string of the molecule is COc1ccc([C@H]2[C@H]3CNC[C@H]3CN2C(=O)c2ccccc2SC)cc1.Cl. The van der Waals surface area contributed by atoms with Gasteiger partial charge in [-0.05, 0) is 42.0 Å². The Bertz CT molecular complexity index is 799. The van der Waals surface area contributed by atoms with Gasteiger partial charge in [-0.1, -0.05) is 24.3 Å². The highest BCUT2D eigenvalue weighted by molar-refractivity contribution is 7.98. The quantitative estimate of drug-likeness (QED) is 0.785. The van der Waals surface area contributed by atoms with Gasteiger partial charge in [0.25, 0.3) is 5.91 Å². The molecule has 0 radical (unpaired) electrons. The Morgan fingerprint density at radius 1 is 1.15 bits per heavy atom. The van der Waals surface area contributed by atoms with Gasteiger partial charge in [0.2, 0.25) is 0 Å². The zero-order valence-corrected chi connectivity index (χ0v) is 17.2. The molecule has 2 heterocycles. The van der Waals surface area contributed by atoms with Gasteiger partial charge >= 0.3 is 0 Å². The second-order valence-electron chi connectivity index (χ2n) is 6.96. The van der Waals surface area contributed by atoms with Gasteiger partial charge in [-0.3, -0.25) is 4.79 Å². The van der Waals surface area contributed by atoms with E-state index in [0.29, 0.717) is 11.8 Å². The number of nitrogens with zero attached hydrogens (tertiary/aromatic N) is 1. The molecule has 2 fully saturated rings. The van der Waals surface area contributed by atoms with E-state index in [1.807, 2.05) is 42.7 Å². The highest BCUT2D eigenvalue weighted by Gasteiger charge is 2.47. The lowest BCUT2D eigenvalue weighted by atomic mass is 9.89. The number of amides is 1. The van der Waals surface area contributed by atoms with E-state index in [-0.39, 0.29) is 24.4 Å². The summed E-state index contributed by atoms with van der Waals surface area (Å²) in [6.45, 7) is 2.77. The molecule has 2 saturated heterocycles. The summed E-state index contributed by atoms with van der Waals surface area (Å²) in [4.78, 5) is 16.6. The molecule has 2 aromatic rings. The van der Waals surface area contributed by atoms with Gasteiger partial charge in [-0.2, -0.15) is 0 Å². The lowest BCUT2D eigenvalue weighted by Crippen LogP contribution is -2.35. The molecule has 0 aliphatic carbocycles. The molecule has 0 unspecified atom stereocenters. The standard InChI is InChI=1S/C21H24N2O2S.ClH/c1-25-16-9-7-14(8-10-16)20-18-12-22-11-15(18)13-23(20)21(24)17-5-3-4-6-19(17)26-2;/h3-10,15,18,20,22H,11-13H2,1-2H3;1H/t15-,18-,20-;/m0./s1. The second kappa shape index (κ2) is 8.55. The maximum Gasteiger partial charge on any atom is 0.255 e. The molecule has 3 atom stereocenters. The number of halogens is 1. The molecule has 0 aromatic heterocycles. The molecular formula is C21H25ClN2O2S. The first-order valence-electron chi connectivity index (χ1n) is 9.01. The first-order valence-corrected chi connectivity index (χ1v) is 10.2. The first kappa shape index (κ1) is 20.1. The van der Waals surface area contributed by atoms with Gasteiger partial charge in [0, 0.05) is 30.4 Å². The van der Waals surface area contributed by atoms with E-state index in [0.717, 1.165) is 35.8 Å². The van der Waals surface area contributed by atoms with Crippen LogP contribution < -0.4 is 10.1 Å². The maximum atomic E-state index is 13.4. The number of ether oxygens (including phenoxy) is 1. The van der Waals surface area contributed by atoms with Crippen molar-refractivity contribution in [2.24, 2.45) is 11.8 Å². The van der Waals surface area contributed by atoms with E-state index >= 15 is 0 Å². The second-order valence-corrected chi connectivity index (χ2v) is 7.81. The van der Waals surface area contributed by atoms with E-state index < -0.39 is 0 Å². The van der Waals surface area contributed by atoms with Crippen LogP contribution in [0.5, 0.6) is 5.75 Å². The maximum absolute atomic E-state index is 13.4. The summed E-state index contributed by atoms with van der Waals surface area (Å²) < 4.78 is 5.30. The number of methoxy groups -OCH3 is 1. The largest absolute Gasteiger partial charge is 0.497 e. The van der Waals surface area contributed by atoms with Crippen LogP contribution in [0.25, 0.3) is 0 Å². The van der Waals surface area contributed by atoms with Crippen molar-refractivity contribution in [1.29, 1.82) is 0 Å². The van der Waals surface area contributed by atoms with Crippen molar-refractivity contribution in [3.05, 3.63) is 59.7 Å². The highest BCUT2D eigenvalue weighted by atomic mass is 35.5. The fraction of sp³-hybridized carbons (Fsp3) is 0.381. The third kappa shape index (κ3) is 3.68. The molecule has 4 rings (SSSR count). The zero-order chi connectivity index (χ0) is 18.1. The first-order chi connectivity index (χ1) is 12.7. The highest BCUT2D eigenvalue weighted by Crippen LogP contribution is 2.44. The Labute approximate surface area is 171 Å². The van der Waals surface area contributed by atoms with E-state index in [1.54, 1.807) is 18.9 Å². The normalized spacial score (nSPS) is 23.6. The molecule has 6 heteroatoms. The van der Waals surface area contributed by atoms with Crippen molar-refractivity contribution in [3.63, 3.8) is 0 Å². The zero-order valence-electron chi connectivity index (χ0n) is 15.6. The average Bonchev–Trinajstić information content (AvgIpc) is 3.28. The molecule has 1 amide bonds. The van der Waals surface area contributed by atoms with Crippen LogP contribution in [0.2, 0.25) is 0 Å². The van der Waals surface area contributed by atoms with Crippen LogP contribution >= 0.6 is 24.2 Å². The van der Waals surface area contributed by atoms with Crippen molar-refractivity contribution in [1.82, 2.24) is 10.2 Å². The Hall–Kier alpha value is -1.69. The number of hydrogen-bond donors (Lipinski definition) is 1. The third-order valence-electron chi connectivity index (χ3n) is 5.62. The summed E-state index contributed by atoms with van der Waals surface area (Å²) >= 11 is 1.63. The Kier molecular flexibility index (Phi) is 6.35. The number of thioether (sulfide) groups is 1. The van der Waals surface area contributed by atoms with Gasteiger partial charge in [-0.15, -0.1) is 24.2 Å². The van der Waals surface area contributed by atoms with Gasteiger partial charge in [0.1, 0.15) is 5.75 Å². The van der Waals surface area contributed by atoms with Crippen molar-refractivity contribution in [3.8, 4) is 5.75 Å². The minimum atomic E-state index is 0. The number of likely N-dealkylation sites (tertiary alicyclic amines) is 1. The van der Waals surface area contributed by atoms with Crippen LogP contribution in [0, 0.1) is 11.8 Å². The van der Waals surface area contributed by atoms with Crippen molar-refractivity contribution in [2.45, 2.75) is 10.9 Å². The van der Waals surface area contributed by atoms with Crippen LogP contribution in [0.15, 0.2) is 53.4 Å². The van der Waals surface area contributed by atoms with Crippen LogP contribution in [0.1, 0.15) is 22.0 Å². The van der Waals surface area contributed by atoms with Crippen LogP contribution in [-0.2, 0) is 0 Å². The summed E-state index contributed by atoms with van der Waals surface area (Å²) in [5.41, 5.74) is 2.00. The molecular weight excluding hydrogens is 380 g/mol. The van der Waals surface area contributed by atoms with E-state index in [9.17, 15) is 4.79 Å². The summed E-state index contributed by atoms with van der Waals surface area (Å²) in [5.74, 6) is 1.98. The molecule has 144 valence electrons. The lowest BCUT2D eigenvalue weighted by molar-refractivity contribution is 0.0710. The van der Waals surface area contributed by atoms with E-state index in [1.165, 1.54) is 5.56 Å². The van der Waals surface area contributed by atoms with Crippen LogP contribution in [0.3, 0.4) is 0 Å². The van der Waals surface area contributed by atoms with Gasteiger partial charge in [0.15, 0.2) is 0 Å². The predicted octanol–water partition coefficient (Wildman–Crippen LogP) is 3.87. The molecule has 0 saturated carbocycles. The summed E-state index contributed by atoms with van der Waals surface area (Å²) in [7, 11) is 1.68. The Morgan fingerprint density at radius 3 is 2.59 bits per heavy atom. The van der Waals surface area contributed by atoms with E-state index in [4.69, 9.17) is 4.74 Å². The molecule has 0 bridgehead atoms. The molecule has 27 heavy (non-hydrogen) atoms. The third-order valence-corrected chi connectivity index (χ3v) is 6.42. The molecule has 4 nitrogen and oxygen atoms in total. The summed E-state index contributed by atoms with van der Waals surface area (Å²) in [5, 5.41) is 3.50. The fourth-order valence-corrected chi connectivity index (χ4v) is 4.92. The Balaban J connectivity index is 0.00000210. The number of benzene rings is 2. The monoisotopic (exact) mass is 404 g/mol. The summed E-state index contributed by atoms with van der Waals surface area (Å²) in [6.07, 6.45) is 2.02. The predicted molar refractivity (Wildman–Crippen MR) is 112 cm³/mol. The molecule has 1 N–H and O–H groups in total. The van der Waals surface area contributed by atoms with Gasteiger partial charge in [-0.25, -0.2) is 0 Å². The van der Waals surface area contributed by atoms with Crippen molar-refractivity contribution < 1.29 is 9.53 Å². The van der Waals surface area contributed by atoms with Gasteiger partial charge in [0.05, 0.1) is 18.7 Å². The van der Waals surface area contributed by atoms with Crippen LogP contribution in [-0.4, -0.2) is 43.8 Å². The van der Waals surface area contributed by atoms with Crippen molar-refractivity contribution in [2.75, 3.05) is 33.0 Å². The average molecular weight is 405 g/mol. The summed E-state index contributed by atoms with van der Waals surface area (Å²) in [6, 6.07) is 16.2. The molecule has 2 aliphatic heterocycles. The number of carbonyl (C=O) groups is 1. The molecule has 0 spiro atoms. The smallest absolute Gasteiger partial charge is 0.255 e. The van der Waals surface area contributed by atoms with Crippen molar-refractivity contribution >= 4 is 30.1 Å². The molecule has 2 aromatic carbocycles. The number of fused-ring (bicyclic) bond motifs is 1. The Morgan fingerprint density at radius 2 is 1.89 bits per heavy atom. The fourth-order valence-electron chi connectivity index (χ4n) is 4.33. The minimum absolute atomic E-state index is 0. The minimum Gasteiger partial charge on any atom is -0.497 e. The van der Waals surface area contributed by atoms with Crippen LogP contribution in [0.4, 0.5) is 0 Å².